The van der Waals surface area contributed by atoms with Gasteiger partial charge in [-0.15, -0.1) is 10.2 Å². The number of hydrogen-bond acceptors (Lipinski definition) is 16. The van der Waals surface area contributed by atoms with E-state index in [1.54, 1.807) is 101 Å². The van der Waals surface area contributed by atoms with E-state index in [9.17, 15) is 18.3 Å². The Hall–Kier alpha value is -6.65. The number of aromatic nitrogens is 5. The number of thiazole rings is 1. The summed E-state index contributed by atoms with van der Waals surface area (Å²) in [5.74, 6) is 0.440. The number of aliphatic hydroxyl groups is 1. The molecular formula is C46H50N8O10S3. The van der Waals surface area contributed by atoms with Crippen LogP contribution < -0.4 is 25.3 Å². The lowest BCUT2D eigenvalue weighted by Gasteiger charge is -2.26. The number of nitrogen functional groups attached to an aromatic ring is 1. The van der Waals surface area contributed by atoms with Gasteiger partial charge in [0.1, 0.15) is 34.9 Å². The summed E-state index contributed by atoms with van der Waals surface area (Å²) in [7, 11) is -5.22. The first-order valence-corrected chi connectivity index (χ1v) is 24.6. The van der Waals surface area contributed by atoms with Crippen LogP contribution in [0.5, 0.6) is 17.2 Å². The number of nitrogens with one attached hydrogen (secondary N) is 1. The van der Waals surface area contributed by atoms with Gasteiger partial charge in [-0.3, -0.25) is 0 Å². The molecule has 0 aliphatic carbocycles. The smallest absolute Gasteiger partial charge is 0.407 e. The normalized spacial score (nSPS) is 12.5. The van der Waals surface area contributed by atoms with Gasteiger partial charge in [-0.1, -0.05) is 65.9 Å². The van der Waals surface area contributed by atoms with E-state index in [2.05, 4.69) is 20.6 Å². The largest absolute Gasteiger partial charge is 0.497 e. The average Bonchev–Trinajstić information content (AvgIpc) is 3.93. The number of ether oxygens (including phenoxy) is 4. The number of sulfone groups is 1. The van der Waals surface area contributed by atoms with Crippen LogP contribution in [0.1, 0.15) is 37.5 Å². The summed E-state index contributed by atoms with van der Waals surface area (Å²) in [6.45, 7) is 4.07. The van der Waals surface area contributed by atoms with Gasteiger partial charge >= 0.3 is 6.09 Å². The molecule has 1 amide bonds. The van der Waals surface area contributed by atoms with Crippen molar-refractivity contribution in [2.75, 3.05) is 39.4 Å². The minimum atomic E-state index is -5.00. The molecule has 1 atom stereocenters. The molecule has 0 unspecified atom stereocenters. The van der Waals surface area contributed by atoms with Crippen LogP contribution in [-0.2, 0) is 44.2 Å². The number of carbonyl (C=O) groups excluding carboxylic acids is 1. The van der Waals surface area contributed by atoms with Crippen LogP contribution >= 0.6 is 11.3 Å². The molecule has 5 aromatic carbocycles. The SMILES string of the molecule is COc1ccc(CN(Cc2ccc(OC)cc2)S(=O)(=O)c2c(S(=O)(=O)C[C@@H](O)COC(=O)NC(C)(C)C)ccc(-c3cccc4sc(N)nc34)c2-c2nnn(Cc3ccc(OC)cc3)n2)cc1. The van der Waals surface area contributed by atoms with E-state index in [0.717, 1.165) is 9.87 Å². The summed E-state index contributed by atoms with van der Waals surface area (Å²) in [6, 6.07) is 28.6. The number of methoxy groups -OCH3 is 3. The van der Waals surface area contributed by atoms with Gasteiger partial charge in [0.15, 0.2) is 15.0 Å². The molecule has 0 radical (unpaired) electrons. The molecule has 7 rings (SSSR count). The minimum Gasteiger partial charge on any atom is -0.497 e. The fourth-order valence-corrected chi connectivity index (χ4v) is 11.7. The molecule has 7 aromatic rings. The summed E-state index contributed by atoms with van der Waals surface area (Å²) in [5.41, 5.74) is 8.21. The van der Waals surface area contributed by atoms with E-state index in [-0.39, 0.29) is 41.7 Å². The van der Waals surface area contributed by atoms with E-state index in [1.807, 2.05) is 18.2 Å². The van der Waals surface area contributed by atoms with E-state index in [4.69, 9.17) is 29.8 Å². The molecule has 18 nitrogen and oxygen atoms in total. The van der Waals surface area contributed by atoms with Gasteiger partial charge in [0.2, 0.25) is 15.8 Å². The van der Waals surface area contributed by atoms with Gasteiger partial charge in [0, 0.05) is 24.2 Å². The Labute approximate surface area is 392 Å². The maximum Gasteiger partial charge on any atom is 0.407 e. The van der Waals surface area contributed by atoms with Gasteiger partial charge in [-0.25, -0.2) is 26.6 Å². The first-order valence-electron chi connectivity index (χ1n) is 20.7. The lowest BCUT2D eigenvalue weighted by molar-refractivity contribution is 0.0755. The molecule has 0 fully saturated rings. The molecule has 0 spiro atoms. The van der Waals surface area contributed by atoms with Crippen molar-refractivity contribution in [3.05, 3.63) is 120 Å². The Kier molecular flexibility index (Phi) is 14.5. The number of nitrogens with two attached hydrogens (primary N) is 1. The zero-order valence-corrected chi connectivity index (χ0v) is 40.0. The van der Waals surface area contributed by atoms with Crippen molar-refractivity contribution < 1.29 is 45.7 Å². The molecular weight excluding hydrogens is 921 g/mol. The first-order chi connectivity index (χ1) is 31.9. The second-order valence-electron chi connectivity index (χ2n) is 16.4. The fourth-order valence-electron chi connectivity index (χ4n) is 7.13. The highest BCUT2D eigenvalue weighted by Crippen LogP contribution is 2.44. The van der Waals surface area contributed by atoms with Crippen molar-refractivity contribution >= 4 is 52.6 Å². The summed E-state index contributed by atoms with van der Waals surface area (Å²) >= 11 is 1.22. The minimum absolute atomic E-state index is 0.0979. The Morgan fingerprint density at radius 1 is 0.806 bits per heavy atom. The van der Waals surface area contributed by atoms with Gasteiger partial charge < -0.3 is 35.1 Å². The molecule has 21 heteroatoms. The van der Waals surface area contributed by atoms with Crippen LogP contribution in [0, 0.1) is 0 Å². The third-order valence-electron chi connectivity index (χ3n) is 10.3. The summed E-state index contributed by atoms with van der Waals surface area (Å²) < 4.78 is 84.9. The lowest BCUT2D eigenvalue weighted by atomic mass is 9.98. The quantitative estimate of drug-likeness (QED) is 0.0852. The van der Waals surface area contributed by atoms with Crippen LogP contribution in [0.4, 0.5) is 9.93 Å². The average molecular weight is 971 g/mol. The summed E-state index contributed by atoms with van der Waals surface area (Å²) in [4.78, 5) is 17.0. The van der Waals surface area contributed by atoms with Gasteiger partial charge in [0.25, 0.3) is 0 Å². The van der Waals surface area contributed by atoms with Crippen molar-refractivity contribution in [1.82, 2.24) is 34.8 Å². The van der Waals surface area contributed by atoms with Gasteiger partial charge in [-0.05, 0) is 96.8 Å². The Bertz CT molecular complexity index is 3030. The molecule has 2 aromatic heterocycles. The molecule has 0 bridgehead atoms. The molecule has 4 N–H and O–H groups in total. The number of alkyl carbamates (subject to hydrolysis) is 1. The molecule has 0 aliphatic heterocycles. The summed E-state index contributed by atoms with van der Waals surface area (Å²) in [6.07, 6.45) is -2.66. The maximum absolute atomic E-state index is 16.0. The standard InChI is InChI=1S/C46H50N8O10S3/c1-46(2,3)49-45(56)64-27-32(55)28-66(57,58)39-23-22-36(37-8-7-9-38-41(37)48-44(47)65-38)40(43-50-52-54(51-43)26-31-14-20-35(63-6)21-15-31)42(39)67(59,60)53(24-29-10-16-33(61-4)17-11-29)25-30-12-18-34(62-5)19-13-30/h7-23,32,55H,24-28H2,1-6H3,(H2,47,48)(H,49,56)/t32-/m0/s1. The molecule has 2 heterocycles. The lowest BCUT2D eigenvalue weighted by Crippen LogP contribution is -2.42. The number of sulfonamides is 1. The second-order valence-corrected chi connectivity index (χ2v) is 21.3. The topological polar surface area (TPSA) is 240 Å². The number of benzene rings is 5. The molecule has 0 saturated carbocycles. The van der Waals surface area contributed by atoms with E-state index in [1.165, 1.54) is 42.5 Å². The maximum atomic E-state index is 16.0. The number of aliphatic hydroxyl groups excluding tert-OH is 1. The number of hydrogen-bond donors (Lipinski definition) is 3. The van der Waals surface area contributed by atoms with E-state index in [0.29, 0.717) is 44.2 Å². The summed E-state index contributed by atoms with van der Waals surface area (Å²) in [5, 5.41) is 27.4. The zero-order chi connectivity index (χ0) is 48.1. The zero-order valence-electron chi connectivity index (χ0n) is 37.5. The fraction of sp³-hybridized carbons (Fsp3) is 0.283. The molecule has 352 valence electrons. The third-order valence-corrected chi connectivity index (χ3v) is 15.0. The monoisotopic (exact) mass is 970 g/mol. The van der Waals surface area contributed by atoms with Crippen molar-refractivity contribution in [3.8, 4) is 39.8 Å². The Morgan fingerprint density at radius 2 is 1.37 bits per heavy atom. The Balaban J connectivity index is 1.47. The van der Waals surface area contributed by atoms with Gasteiger partial charge in [-0.2, -0.15) is 9.10 Å². The van der Waals surface area contributed by atoms with Crippen LogP contribution in [-0.4, -0.2) is 103 Å². The number of rotatable bonds is 18. The third kappa shape index (κ3) is 11.5. The van der Waals surface area contributed by atoms with Crippen molar-refractivity contribution in [2.45, 2.75) is 61.8 Å². The molecule has 0 saturated heterocycles. The van der Waals surface area contributed by atoms with Crippen LogP contribution in [0.15, 0.2) is 113 Å². The Morgan fingerprint density at radius 3 is 1.93 bits per heavy atom. The van der Waals surface area contributed by atoms with E-state index < -0.39 is 59.7 Å². The predicted octanol–water partition coefficient (Wildman–Crippen LogP) is 6.32. The predicted molar refractivity (Wildman–Crippen MR) is 253 cm³/mol. The first kappa shape index (κ1) is 48.3. The number of nitrogens with zero attached hydrogens (tertiary/aromatic N) is 6. The van der Waals surface area contributed by atoms with Crippen LogP contribution in [0.2, 0.25) is 0 Å². The number of fused-ring (bicyclic) bond motifs is 1. The molecule has 0 aliphatic rings. The highest BCUT2D eigenvalue weighted by Gasteiger charge is 2.39. The van der Waals surface area contributed by atoms with Gasteiger partial charge in [0.05, 0.1) is 54.3 Å². The van der Waals surface area contributed by atoms with Crippen molar-refractivity contribution in [3.63, 3.8) is 0 Å². The van der Waals surface area contributed by atoms with Crippen molar-refractivity contribution in [2.24, 2.45) is 0 Å². The van der Waals surface area contributed by atoms with Crippen LogP contribution in [0.25, 0.3) is 32.7 Å². The second kappa shape index (κ2) is 20.1. The highest BCUT2D eigenvalue weighted by atomic mass is 32.2. The number of tetrazole rings is 1. The van der Waals surface area contributed by atoms with Crippen molar-refractivity contribution in [1.29, 1.82) is 0 Å². The van der Waals surface area contributed by atoms with Crippen LogP contribution in [0.3, 0.4) is 0 Å². The molecule has 67 heavy (non-hydrogen) atoms. The number of anilines is 1. The number of carbonyl (C=O) groups is 1. The number of para-hydroxylation sites is 1. The number of amides is 1. The highest BCUT2D eigenvalue weighted by molar-refractivity contribution is 7.93. The van der Waals surface area contributed by atoms with E-state index >= 15 is 8.42 Å².